The molecule has 0 aromatic heterocycles. The van der Waals surface area contributed by atoms with Gasteiger partial charge in [0.25, 0.3) is 0 Å². The number of aryl methyl sites for hydroxylation is 2. The average Bonchev–Trinajstić information content (AvgIpc) is 2.93. The lowest BCUT2D eigenvalue weighted by molar-refractivity contribution is -0.144. The number of carbonyl (C=O) groups is 1. The van der Waals surface area contributed by atoms with Crippen molar-refractivity contribution in [3.8, 4) is 11.5 Å². The second-order valence-corrected chi connectivity index (χ2v) is 8.66. The normalized spacial score (nSPS) is 13.6. The van der Waals surface area contributed by atoms with E-state index in [0.717, 1.165) is 23.1 Å². The van der Waals surface area contributed by atoms with E-state index in [9.17, 15) is 13.2 Å². The van der Waals surface area contributed by atoms with Crippen LogP contribution in [0.2, 0.25) is 0 Å². The van der Waals surface area contributed by atoms with Crippen LogP contribution in [-0.4, -0.2) is 34.1 Å². The first-order chi connectivity index (χ1) is 13.8. The molecule has 0 spiro atoms. The summed E-state index contributed by atoms with van der Waals surface area (Å²) in [5.41, 5.74) is 3.06. The molecule has 29 heavy (non-hydrogen) atoms. The number of rotatable bonds is 7. The average molecular weight is 419 g/mol. The van der Waals surface area contributed by atoms with Crippen LogP contribution >= 0.6 is 0 Å². The molecule has 1 heterocycles. The Hall–Kier alpha value is -2.58. The van der Waals surface area contributed by atoms with E-state index in [1.54, 1.807) is 6.07 Å². The van der Waals surface area contributed by atoms with E-state index in [2.05, 4.69) is 4.72 Å². The molecule has 1 aliphatic heterocycles. The maximum Gasteiger partial charge on any atom is 0.307 e. The standard InChI is InChI=1S/C21H25NO6S/c1-15-4-5-16(2)17(12-15)14-28-21(23)8-9-22-29(24,25)18-6-7-19-20(13-18)27-11-3-10-26-19/h4-7,12-13,22H,3,8-11,14H2,1-2H3. The van der Waals surface area contributed by atoms with E-state index in [1.807, 2.05) is 32.0 Å². The van der Waals surface area contributed by atoms with Gasteiger partial charge in [-0.25, -0.2) is 13.1 Å². The zero-order valence-electron chi connectivity index (χ0n) is 16.6. The summed E-state index contributed by atoms with van der Waals surface area (Å²) in [7, 11) is -3.77. The van der Waals surface area contributed by atoms with Gasteiger partial charge >= 0.3 is 5.97 Å². The number of esters is 1. The minimum atomic E-state index is -3.77. The summed E-state index contributed by atoms with van der Waals surface area (Å²) in [5.74, 6) is 0.460. The third kappa shape index (κ3) is 5.71. The Kier molecular flexibility index (Phi) is 6.76. The molecule has 0 atom stereocenters. The molecule has 2 aromatic rings. The maximum absolute atomic E-state index is 12.5. The molecular formula is C21H25NO6S. The van der Waals surface area contributed by atoms with E-state index in [4.69, 9.17) is 14.2 Å². The SMILES string of the molecule is Cc1ccc(C)c(COC(=O)CCNS(=O)(=O)c2ccc3c(c2)OCCCO3)c1. The summed E-state index contributed by atoms with van der Waals surface area (Å²) in [4.78, 5) is 12.0. The fraction of sp³-hybridized carbons (Fsp3) is 0.381. The third-order valence-corrected chi connectivity index (χ3v) is 6.00. The molecular weight excluding hydrogens is 394 g/mol. The zero-order valence-corrected chi connectivity index (χ0v) is 17.4. The fourth-order valence-corrected chi connectivity index (χ4v) is 3.91. The Morgan fingerprint density at radius 1 is 1.07 bits per heavy atom. The number of sulfonamides is 1. The molecule has 0 radical (unpaired) electrons. The molecule has 0 aliphatic carbocycles. The Labute approximate surface area is 171 Å². The molecule has 0 fully saturated rings. The van der Waals surface area contributed by atoms with Gasteiger partial charge in [-0.05, 0) is 37.1 Å². The first-order valence-corrected chi connectivity index (χ1v) is 10.9. The second-order valence-electron chi connectivity index (χ2n) is 6.90. The van der Waals surface area contributed by atoms with Crippen molar-refractivity contribution < 1.29 is 27.4 Å². The summed E-state index contributed by atoms with van der Waals surface area (Å²) in [5, 5.41) is 0. The minimum absolute atomic E-state index is 0.0532. The highest BCUT2D eigenvalue weighted by molar-refractivity contribution is 7.89. The van der Waals surface area contributed by atoms with Crippen LogP contribution in [0.4, 0.5) is 0 Å². The molecule has 0 saturated heterocycles. The topological polar surface area (TPSA) is 90.9 Å². The fourth-order valence-electron chi connectivity index (χ4n) is 2.87. The van der Waals surface area contributed by atoms with Gasteiger partial charge in [0.1, 0.15) is 6.61 Å². The van der Waals surface area contributed by atoms with Gasteiger partial charge in [0.05, 0.1) is 24.5 Å². The molecule has 2 aromatic carbocycles. The summed E-state index contributed by atoms with van der Waals surface area (Å²) in [6.07, 6.45) is 0.674. The van der Waals surface area contributed by atoms with Gasteiger partial charge in [-0.2, -0.15) is 0 Å². The van der Waals surface area contributed by atoms with Gasteiger partial charge in [-0.1, -0.05) is 23.8 Å². The molecule has 0 saturated carbocycles. The lowest BCUT2D eigenvalue weighted by Crippen LogP contribution is -2.26. The van der Waals surface area contributed by atoms with Crippen molar-refractivity contribution in [3.63, 3.8) is 0 Å². The molecule has 0 bridgehead atoms. The molecule has 8 heteroatoms. The summed E-state index contributed by atoms with van der Waals surface area (Å²) in [6.45, 7) is 5.03. The van der Waals surface area contributed by atoms with Gasteiger partial charge in [-0.15, -0.1) is 0 Å². The molecule has 1 aliphatic rings. The second kappa shape index (κ2) is 9.28. The van der Waals surface area contributed by atoms with Crippen LogP contribution in [0.5, 0.6) is 11.5 Å². The van der Waals surface area contributed by atoms with Gasteiger partial charge in [0.2, 0.25) is 10.0 Å². The van der Waals surface area contributed by atoms with E-state index in [1.165, 1.54) is 12.1 Å². The van der Waals surface area contributed by atoms with E-state index in [-0.39, 0.29) is 24.5 Å². The van der Waals surface area contributed by atoms with E-state index >= 15 is 0 Å². The number of fused-ring (bicyclic) bond motifs is 1. The van der Waals surface area contributed by atoms with Crippen LogP contribution in [0.25, 0.3) is 0 Å². The Morgan fingerprint density at radius 3 is 2.62 bits per heavy atom. The quantitative estimate of drug-likeness (QED) is 0.694. The third-order valence-electron chi connectivity index (χ3n) is 4.54. The Balaban J connectivity index is 1.52. The number of hydrogen-bond donors (Lipinski definition) is 1. The van der Waals surface area contributed by atoms with E-state index in [0.29, 0.717) is 24.7 Å². The Bertz CT molecular complexity index is 987. The Morgan fingerprint density at radius 2 is 1.83 bits per heavy atom. The van der Waals surface area contributed by atoms with Crippen molar-refractivity contribution in [3.05, 3.63) is 53.1 Å². The van der Waals surface area contributed by atoms with Gasteiger partial charge in [0.15, 0.2) is 11.5 Å². The highest BCUT2D eigenvalue weighted by Gasteiger charge is 2.19. The lowest BCUT2D eigenvalue weighted by atomic mass is 10.1. The van der Waals surface area contributed by atoms with Crippen LogP contribution < -0.4 is 14.2 Å². The van der Waals surface area contributed by atoms with Gasteiger partial charge in [-0.3, -0.25) is 4.79 Å². The van der Waals surface area contributed by atoms with Crippen molar-refractivity contribution in [1.29, 1.82) is 0 Å². The smallest absolute Gasteiger partial charge is 0.307 e. The lowest BCUT2D eigenvalue weighted by Gasteiger charge is -2.11. The van der Waals surface area contributed by atoms with E-state index < -0.39 is 16.0 Å². The molecule has 0 unspecified atom stereocenters. The zero-order chi connectivity index (χ0) is 20.9. The first-order valence-electron chi connectivity index (χ1n) is 9.46. The van der Waals surface area contributed by atoms with Gasteiger partial charge in [0, 0.05) is 19.0 Å². The largest absolute Gasteiger partial charge is 0.490 e. The van der Waals surface area contributed by atoms with Gasteiger partial charge < -0.3 is 14.2 Å². The van der Waals surface area contributed by atoms with Crippen molar-refractivity contribution >= 4 is 16.0 Å². The number of carbonyl (C=O) groups excluding carboxylic acids is 1. The molecule has 156 valence electrons. The van der Waals surface area contributed by atoms with Crippen molar-refractivity contribution in [2.75, 3.05) is 19.8 Å². The van der Waals surface area contributed by atoms with Crippen LogP contribution in [0.3, 0.4) is 0 Å². The predicted octanol–water partition coefficient (Wildman–Crippen LogP) is 2.88. The maximum atomic E-state index is 12.5. The van der Waals surface area contributed by atoms with Crippen molar-refractivity contribution in [2.45, 2.75) is 38.2 Å². The van der Waals surface area contributed by atoms with Crippen LogP contribution in [-0.2, 0) is 26.2 Å². The number of ether oxygens (including phenoxy) is 3. The summed E-state index contributed by atoms with van der Waals surface area (Å²) < 4.78 is 43.7. The first kappa shape index (κ1) is 21.1. The molecule has 0 amide bonds. The predicted molar refractivity (Wildman–Crippen MR) is 108 cm³/mol. The number of hydrogen-bond acceptors (Lipinski definition) is 6. The van der Waals surface area contributed by atoms with Crippen LogP contribution in [0.1, 0.15) is 29.5 Å². The van der Waals surface area contributed by atoms with Crippen molar-refractivity contribution in [2.24, 2.45) is 0 Å². The summed E-state index contributed by atoms with van der Waals surface area (Å²) in [6, 6.07) is 10.4. The number of nitrogens with one attached hydrogen (secondary N) is 1. The van der Waals surface area contributed by atoms with Crippen LogP contribution in [0, 0.1) is 13.8 Å². The van der Waals surface area contributed by atoms with Crippen LogP contribution in [0.15, 0.2) is 41.3 Å². The summed E-state index contributed by atoms with van der Waals surface area (Å²) >= 11 is 0. The van der Waals surface area contributed by atoms with Crippen molar-refractivity contribution in [1.82, 2.24) is 4.72 Å². The monoisotopic (exact) mass is 419 g/mol. The molecule has 7 nitrogen and oxygen atoms in total. The highest BCUT2D eigenvalue weighted by atomic mass is 32.2. The highest BCUT2D eigenvalue weighted by Crippen LogP contribution is 2.31. The number of benzene rings is 2. The molecule has 3 rings (SSSR count). The molecule has 1 N–H and O–H groups in total. The minimum Gasteiger partial charge on any atom is -0.490 e.